The number of nitrogens with zero attached hydrogens (tertiary/aromatic N) is 1. The predicted molar refractivity (Wildman–Crippen MR) is 61.1 cm³/mol. The maximum absolute atomic E-state index is 8.39. The summed E-state index contributed by atoms with van der Waals surface area (Å²) < 4.78 is 109. The van der Waals surface area contributed by atoms with Crippen LogP contribution in [0.1, 0.15) is 31.7 Å². The van der Waals surface area contributed by atoms with Gasteiger partial charge in [-0.3, -0.25) is 4.90 Å². The van der Waals surface area contributed by atoms with Crippen LogP contribution in [0.15, 0.2) is 30.2 Å². The van der Waals surface area contributed by atoms with Crippen molar-refractivity contribution in [3.63, 3.8) is 0 Å². The second-order valence-corrected chi connectivity index (χ2v) is 2.28. The Kier molecular flexibility index (Phi) is 0.959. The van der Waals surface area contributed by atoms with Crippen molar-refractivity contribution in [3.05, 3.63) is 35.8 Å². The number of hydrogen-bond donors (Lipinski definition) is 0. The zero-order chi connectivity index (χ0) is 22.5. The Labute approximate surface area is 106 Å². The Morgan fingerprint density at radius 3 is 3.21 bits per heavy atom. The average Bonchev–Trinajstić information content (AvgIpc) is 2.48. The van der Waals surface area contributed by atoms with Crippen LogP contribution in [0.2, 0.25) is 0 Å². The Bertz CT molecular complexity index is 799. The minimum atomic E-state index is -3.41. The third kappa shape index (κ3) is 3.24. The van der Waals surface area contributed by atoms with Gasteiger partial charge in [-0.05, 0) is 25.8 Å². The first-order valence-corrected chi connectivity index (χ1v) is 3.67. The molecule has 0 amide bonds. The molecule has 0 fully saturated rings. The van der Waals surface area contributed by atoms with Gasteiger partial charge in [-0.2, -0.15) is 0 Å². The molecule has 0 N–H and O–H groups in total. The van der Waals surface area contributed by atoms with Crippen LogP contribution in [0.4, 0.5) is 0 Å². The average molecular weight is 201 g/mol. The summed E-state index contributed by atoms with van der Waals surface area (Å²) in [6.07, 6.45) is -1.82. The minimum absolute atomic E-state index is 0.199. The van der Waals surface area contributed by atoms with Gasteiger partial charge in [0, 0.05) is 14.2 Å². The lowest BCUT2D eigenvalue weighted by molar-refractivity contribution is 0.287. The summed E-state index contributed by atoms with van der Waals surface area (Å²) in [5.41, 5.74) is -0.986. The molecule has 0 bridgehead atoms. The Hall–Kier alpha value is -1.26. The summed E-state index contributed by atoms with van der Waals surface area (Å²) in [5.74, 6) is 1.65. The summed E-state index contributed by atoms with van der Waals surface area (Å²) in [6.45, 7) is -5.88. The Morgan fingerprint density at radius 2 is 2.57 bits per heavy atom. The van der Waals surface area contributed by atoms with Crippen molar-refractivity contribution in [2.45, 2.75) is 19.3 Å². The third-order valence-corrected chi connectivity index (χ3v) is 1.31. The molecule has 0 aliphatic carbocycles. The second kappa shape index (κ2) is 5.47. The molecule has 74 valence electrons. The predicted octanol–water partition coefficient (Wildman–Crippen LogP) is 2.18. The lowest BCUT2D eigenvalue weighted by Gasteiger charge is -2.22. The molecular formula is C13H17N. The molecule has 0 aliphatic rings. The fourth-order valence-electron chi connectivity index (χ4n) is 0.689. The second-order valence-electron chi connectivity index (χ2n) is 2.28. The van der Waals surface area contributed by atoms with Crippen LogP contribution in [0.3, 0.4) is 0 Å². The van der Waals surface area contributed by atoms with Gasteiger partial charge < -0.3 is 0 Å². The molecule has 0 saturated heterocycles. The first-order chi connectivity index (χ1) is 12.4. The molecule has 0 unspecified atom stereocenters. The van der Waals surface area contributed by atoms with E-state index in [1.54, 1.807) is 5.92 Å². The minimum Gasteiger partial charge on any atom is -0.292 e. The van der Waals surface area contributed by atoms with Gasteiger partial charge in [0.2, 0.25) is 0 Å². The van der Waals surface area contributed by atoms with Gasteiger partial charge in [-0.15, -0.1) is 6.40 Å². The van der Waals surface area contributed by atoms with Gasteiger partial charge in [0.15, 0.2) is 0 Å². The summed E-state index contributed by atoms with van der Waals surface area (Å²) in [4.78, 5) is -0.199. The van der Waals surface area contributed by atoms with E-state index in [9.17, 15) is 0 Å². The van der Waals surface area contributed by atoms with E-state index in [4.69, 9.17) is 19.2 Å². The van der Waals surface area contributed by atoms with Crippen LogP contribution >= 0.6 is 0 Å². The number of likely N-dealkylation sites (N-methyl/N-ethyl adjacent to an activating group) is 1. The highest BCUT2D eigenvalue weighted by Crippen LogP contribution is 2.06. The van der Waals surface area contributed by atoms with Crippen molar-refractivity contribution in [3.8, 4) is 12.3 Å². The molecule has 1 atom stereocenters. The lowest BCUT2D eigenvalue weighted by Crippen LogP contribution is -2.31. The molecule has 0 heterocycles. The Morgan fingerprint density at radius 1 is 1.79 bits per heavy atom. The quantitative estimate of drug-likeness (QED) is 0.675. The van der Waals surface area contributed by atoms with Crippen LogP contribution in [-0.2, 0) is 6.37 Å². The molecule has 0 spiro atoms. The smallest absolute Gasteiger partial charge is 0.124 e. The van der Waals surface area contributed by atoms with Crippen molar-refractivity contribution >= 4 is 0 Å². The fraction of sp³-hybridized carbons (Fsp3) is 0.385. The van der Waals surface area contributed by atoms with E-state index in [2.05, 4.69) is 0 Å². The van der Waals surface area contributed by atoms with Crippen LogP contribution in [0, 0.1) is 12.3 Å². The van der Waals surface area contributed by atoms with Crippen molar-refractivity contribution in [1.82, 2.24) is 4.90 Å². The van der Waals surface area contributed by atoms with E-state index >= 15 is 0 Å². The van der Waals surface area contributed by atoms with Gasteiger partial charge >= 0.3 is 0 Å². The third-order valence-electron chi connectivity index (χ3n) is 1.31. The van der Waals surface area contributed by atoms with E-state index in [0.29, 0.717) is 6.92 Å². The normalized spacial score (nSPS) is 31.6. The molecule has 0 radical (unpaired) electrons. The van der Waals surface area contributed by atoms with Crippen LogP contribution < -0.4 is 0 Å². The molecular weight excluding hydrogens is 170 g/mol. The van der Waals surface area contributed by atoms with Crippen LogP contribution in [-0.4, -0.2) is 24.4 Å². The number of benzene rings is 1. The summed E-state index contributed by atoms with van der Waals surface area (Å²) in [5, 5.41) is 0. The highest BCUT2D eigenvalue weighted by molar-refractivity contribution is 5.15. The van der Waals surface area contributed by atoms with E-state index in [-0.39, 0.29) is 4.90 Å². The standard InChI is InChI=1S/C13H17N/c1-4-10-14(3)12(2)11-13-8-6-5-7-9-13/h1,5-9,12H,10-11H2,2-3H3/t12-/m0/s1/i1D,3D3,5D,6D,7D,8D,9D,10D2,11D2,12D. The van der Waals surface area contributed by atoms with Crippen molar-refractivity contribution in [1.29, 1.82) is 0 Å². The van der Waals surface area contributed by atoms with E-state index < -0.39 is 61.6 Å². The highest BCUT2D eigenvalue weighted by Gasteiger charge is 2.07. The van der Waals surface area contributed by atoms with Gasteiger partial charge in [-0.25, -0.2) is 0 Å². The first-order valence-electron chi connectivity index (χ1n) is 10.7. The summed E-state index contributed by atoms with van der Waals surface area (Å²) >= 11 is 0. The molecule has 1 heteroatoms. The number of rotatable bonds is 4. The van der Waals surface area contributed by atoms with E-state index in [0.717, 1.165) is 0 Å². The monoisotopic (exact) mass is 201 g/mol. The van der Waals surface area contributed by atoms with E-state index in [1.807, 2.05) is 0 Å². The molecule has 0 saturated carbocycles. The molecule has 1 nitrogen and oxygen atoms in total. The Balaban J connectivity index is 3.91. The molecule has 0 aliphatic heterocycles. The van der Waals surface area contributed by atoms with Crippen LogP contribution in [0.5, 0.6) is 0 Å². The SMILES string of the molecule is [2H]C#CC([2H])([2H])N(C([2H])([2H])[2H])[C@@]([2H])(C)C([2H])([2H])c1c([2H])c([2H])c([2H])c([2H])c1[2H]. The molecule has 1 aromatic rings. The molecule has 1 aromatic carbocycles. The van der Waals surface area contributed by atoms with Gasteiger partial charge in [-0.1, -0.05) is 36.1 Å². The van der Waals surface area contributed by atoms with Crippen molar-refractivity contribution in [2.24, 2.45) is 0 Å². The number of hydrogen-bond acceptors (Lipinski definition) is 1. The number of terminal acetylenes is 1. The topological polar surface area (TPSA) is 3.24 Å². The highest BCUT2D eigenvalue weighted by atomic mass is 15.1. The summed E-state index contributed by atoms with van der Waals surface area (Å²) in [7, 11) is 0. The van der Waals surface area contributed by atoms with Crippen molar-refractivity contribution < 1.29 is 19.2 Å². The summed E-state index contributed by atoms with van der Waals surface area (Å²) in [6, 6.07) is -7.56. The maximum Gasteiger partial charge on any atom is 0.124 e. The van der Waals surface area contributed by atoms with Gasteiger partial charge in [0.25, 0.3) is 0 Å². The zero-order valence-electron chi connectivity index (χ0n) is 21.4. The molecule has 0 aromatic heterocycles. The zero-order valence-corrected chi connectivity index (χ0v) is 7.45. The fourth-order valence-corrected chi connectivity index (χ4v) is 0.689. The maximum atomic E-state index is 8.39. The van der Waals surface area contributed by atoms with Crippen molar-refractivity contribution in [2.75, 3.05) is 13.5 Å². The molecule has 1 rings (SSSR count). The van der Waals surface area contributed by atoms with E-state index in [1.165, 1.54) is 6.40 Å². The van der Waals surface area contributed by atoms with Gasteiger partial charge in [0.1, 0.15) is 1.37 Å². The lowest BCUT2D eigenvalue weighted by atomic mass is 10.1. The first kappa shape index (κ1) is 2.46. The molecule has 14 heavy (non-hydrogen) atoms. The van der Waals surface area contributed by atoms with Gasteiger partial charge in [0.05, 0.1) is 16.1 Å². The largest absolute Gasteiger partial charge is 0.292 e. The van der Waals surface area contributed by atoms with Crippen LogP contribution in [0.25, 0.3) is 0 Å².